The van der Waals surface area contributed by atoms with Gasteiger partial charge in [0.1, 0.15) is 0 Å². The largest absolute Gasteiger partial charge is 0.309 e. The number of benzene rings is 10. The van der Waals surface area contributed by atoms with E-state index in [2.05, 4.69) is 262 Å². The third-order valence-electron chi connectivity index (χ3n) is 13.6. The van der Waals surface area contributed by atoms with Crippen LogP contribution in [-0.4, -0.2) is 21.8 Å². The molecule has 0 saturated carbocycles. The van der Waals surface area contributed by atoms with Crippen molar-refractivity contribution >= 4 is 94.2 Å². The Morgan fingerprint density at radius 2 is 0.656 bits per heavy atom. The van der Waals surface area contributed by atoms with Gasteiger partial charge >= 0.3 is 0 Å². The Labute approximate surface area is 372 Å². The van der Waals surface area contributed by atoms with Crippen LogP contribution >= 0.6 is 0 Å². The van der Waals surface area contributed by atoms with Gasteiger partial charge in [0.2, 0.25) is 0 Å². The molecule has 4 heteroatoms. The van der Waals surface area contributed by atoms with Gasteiger partial charge in [0.25, 0.3) is 0 Å². The molecule has 0 saturated heterocycles. The summed E-state index contributed by atoms with van der Waals surface area (Å²) in [6, 6.07) is 92.2. The minimum atomic E-state index is -2.74. The maximum atomic E-state index is 2.52. The molecule has 0 fully saturated rings. The van der Waals surface area contributed by atoms with Gasteiger partial charge in [-0.3, -0.25) is 0 Å². The molecule has 0 atom stereocenters. The van der Waals surface area contributed by atoms with E-state index < -0.39 is 8.07 Å². The number of hydrogen-bond acceptors (Lipinski definition) is 0. The van der Waals surface area contributed by atoms with Crippen molar-refractivity contribution in [3.63, 3.8) is 0 Å². The van der Waals surface area contributed by atoms with Crippen LogP contribution in [0.15, 0.2) is 249 Å². The number of fused-ring (bicyclic) bond motifs is 9. The minimum Gasteiger partial charge on any atom is -0.309 e. The summed E-state index contributed by atoms with van der Waals surface area (Å²) in [4.78, 5) is 0. The molecular formula is C60H41N3Si. The molecule has 10 aromatic carbocycles. The van der Waals surface area contributed by atoms with Gasteiger partial charge in [0.05, 0.1) is 38.8 Å². The third-order valence-corrected chi connectivity index (χ3v) is 18.3. The van der Waals surface area contributed by atoms with Crippen molar-refractivity contribution < 1.29 is 0 Å². The first kappa shape index (κ1) is 36.5. The highest BCUT2D eigenvalue weighted by Gasteiger charge is 2.41. The summed E-state index contributed by atoms with van der Waals surface area (Å²) in [6.07, 6.45) is 0. The first-order chi connectivity index (χ1) is 31.8. The zero-order valence-corrected chi connectivity index (χ0v) is 36.0. The van der Waals surface area contributed by atoms with E-state index in [-0.39, 0.29) is 0 Å². The van der Waals surface area contributed by atoms with Crippen molar-refractivity contribution in [2.45, 2.75) is 0 Å². The van der Waals surface area contributed by atoms with E-state index in [4.69, 9.17) is 0 Å². The third kappa shape index (κ3) is 5.27. The second-order valence-electron chi connectivity index (χ2n) is 16.8. The summed E-state index contributed by atoms with van der Waals surface area (Å²) < 4.78 is 7.36. The lowest BCUT2D eigenvalue weighted by Crippen LogP contribution is -2.74. The molecule has 3 nitrogen and oxygen atoms in total. The van der Waals surface area contributed by atoms with Gasteiger partial charge in [-0.2, -0.15) is 0 Å². The number of nitrogens with zero attached hydrogens (tertiary/aromatic N) is 3. The molecule has 13 rings (SSSR count). The van der Waals surface area contributed by atoms with E-state index >= 15 is 0 Å². The standard InChI is InChI=1S/C60H41N3Si/c1-5-20-42(21-6-1)61-55-33-18-15-30-50(55)60-58(61)34-19-35-59(60)63-54-32-17-14-28-48(54)51-40-43(36-38-57(51)63)62-53-31-16-13-29-49(53)52-41-47(37-39-56(52)62)64(44-22-7-2-8-23-44,45-24-9-3-10-25-45)46-26-11-4-12-27-46/h1-41H. The molecular weight excluding hydrogens is 791 g/mol. The van der Waals surface area contributed by atoms with Crippen molar-refractivity contribution in [1.82, 2.24) is 13.7 Å². The molecule has 300 valence electrons. The maximum absolute atomic E-state index is 2.74. The predicted molar refractivity (Wildman–Crippen MR) is 273 cm³/mol. The normalized spacial score (nSPS) is 12.1. The van der Waals surface area contributed by atoms with Crippen LogP contribution < -0.4 is 20.7 Å². The number of para-hydroxylation sites is 4. The minimum absolute atomic E-state index is 1.14. The zero-order chi connectivity index (χ0) is 42.2. The van der Waals surface area contributed by atoms with Crippen molar-refractivity contribution in [3.05, 3.63) is 249 Å². The molecule has 0 radical (unpaired) electrons. The van der Waals surface area contributed by atoms with Gasteiger partial charge in [0, 0.05) is 43.7 Å². The maximum Gasteiger partial charge on any atom is 0.179 e. The topological polar surface area (TPSA) is 14.8 Å². The molecule has 0 spiro atoms. The average Bonchev–Trinajstić information content (AvgIpc) is 4.01. The highest BCUT2D eigenvalue weighted by atomic mass is 28.3. The van der Waals surface area contributed by atoms with Gasteiger partial charge in [-0.15, -0.1) is 0 Å². The Balaban J connectivity index is 1.05. The van der Waals surface area contributed by atoms with Gasteiger partial charge in [-0.05, 0) is 87.5 Å². The number of rotatable bonds is 7. The molecule has 13 aromatic rings. The zero-order valence-electron chi connectivity index (χ0n) is 35.0. The summed E-state index contributed by atoms with van der Waals surface area (Å²) in [7, 11) is -2.74. The van der Waals surface area contributed by atoms with E-state index in [1.807, 2.05) is 0 Å². The SMILES string of the molecule is c1ccc(-n2c3ccccc3c3c(-n4c5ccccc5c5cc(-n6c7ccccc7c7cc([Si](c8ccccc8)(c8ccccc8)c8ccccc8)ccc76)ccc54)cccc32)cc1. The fourth-order valence-corrected chi connectivity index (χ4v) is 15.7. The molecule has 0 aliphatic carbocycles. The molecule has 0 aliphatic rings. The van der Waals surface area contributed by atoms with E-state index in [9.17, 15) is 0 Å². The fourth-order valence-electron chi connectivity index (χ4n) is 11.0. The summed E-state index contributed by atoms with van der Waals surface area (Å²) >= 11 is 0. The van der Waals surface area contributed by atoms with Crippen LogP contribution in [-0.2, 0) is 0 Å². The highest BCUT2D eigenvalue weighted by Crippen LogP contribution is 2.41. The summed E-state index contributed by atoms with van der Waals surface area (Å²) in [5.41, 5.74) is 10.6. The van der Waals surface area contributed by atoms with Gasteiger partial charge in [-0.25, -0.2) is 0 Å². The first-order valence-electron chi connectivity index (χ1n) is 22.1. The summed E-state index contributed by atoms with van der Waals surface area (Å²) in [6.45, 7) is 0. The van der Waals surface area contributed by atoms with Gasteiger partial charge in [-0.1, -0.05) is 182 Å². The van der Waals surface area contributed by atoms with E-state index in [1.165, 1.54) is 91.9 Å². The molecule has 3 aromatic heterocycles. The predicted octanol–water partition coefficient (Wildman–Crippen LogP) is 12.4. The quantitative estimate of drug-likeness (QED) is 0.112. The fraction of sp³-hybridized carbons (Fsp3) is 0. The molecule has 64 heavy (non-hydrogen) atoms. The van der Waals surface area contributed by atoms with E-state index in [0.717, 1.165) is 11.4 Å². The Hall–Kier alpha value is -8.18. The Bertz CT molecular complexity index is 3790. The van der Waals surface area contributed by atoms with Crippen LogP contribution in [0.25, 0.3) is 82.5 Å². The lowest BCUT2D eigenvalue weighted by atomic mass is 10.1. The average molecular weight is 832 g/mol. The number of aromatic nitrogens is 3. The van der Waals surface area contributed by atoms with Crippen molar-refractivity contribution in [2.24, 2.45) is 0 Å². The van der Waals surface area contributed by atoms with Crippen LogP contribution in [0.2, 0.25) is 0 Å². The van der Waals surface area contributed by atoms with Crippen molar-refractivity contribution in [2.75, 3.05) is 0 Å². The Morgan fingerprint density at radius 3 is 1.27 bits per heavy atom. The summed E-state index contributed by atoms with van der Waals surface area (Å²) in [5, 5.41) is 12.9. The van der Waals surface area contributed by atoms with Gasteiger partial charge < -0.3 is 13.7 Å². The van der Waals surface area contributed by atoms with Crippen LogP contribution in [0.5, 0.6) is 0 Å². The second-order valence-corrected chi connectivity index (χ2v) is 20.7. The molecule has 0 aliphatic heterocycles. The molecule has 0 amide bonds. The van der Waals surface area contributed by atoms with E-state index in [0.29, 0.717) is 0 Å². The first-order valence-corrected chi connectivity index (χ1v) is 24.1. The van der Waals surface area contributed by atoms with Crippen LogP contribution in [0.4, 0.5) is 0 Å². The lowest BCUT2D eigenvalue weighted by molar-refractivity contribution is 1.16. The summed E-state index contributed by atoms with van der Waals surface area (Å²) in [5.74, 6) is 0. The highest BCUT2D eigenvalue weighted by molar-refractivity contribution is 7.20. The van der Waals surface area contributed by atoms with E-state index in [1.54, 1.807) is 0 Å². The molecule has 0 N–H and O–H groups in total. The van der Waals surface area contributed by atoms with Crippen molar-refractivity contribution in [1.29, 1.82) is 0 Å². The smallest absolute Gasteiger partial charge is 0.179 e. The van der Waals surface area contributed by atoms with Crippen LogP contribution in [0.1, 0.15) is 0 Å². The Morgan fingerprint density at radius 1 is 0.234 bits per heavy atom. The van der Waals surface area contributed by atoms with Crippen LogP contribution in [0.3, 0.4) is 0 Å². The molecule has 0 unspecified atom stereocenters. The second kappa shape index (κ2) is 14.5. The van der Waals surface area contributed by atoms with Crippen LogP contribution in [0, 0.1) is 0 Å². The lowest BCUT2D eigenvalue weighted by Gasteiger charge is -2.34. The molecule has 3 heterocycles. The Kier molecular flexibility index (Phi) is 8.23. The number of hydrogen-bond donors (Lipinski definition) is 0. The van der Waals surface area contributed by atoms with Gasteiger partial charge in [0.15, 0.2) is 8.07 Å². The monoisotopic (exact) mass is 831 g/mol. The molecule has 0 bridgehead atoms. The van der Waals surface area contributed by atoms with Crippen molar-refractivity contribution in [3.8, 4) is 17.1 Å².